The van der Waals surface area contributed by atoms with Crippen LogP contribution in [0.1, 0.15) is 44.4 Å². The monoisotopic (exact) mass is 541 g/mol. The van der Waals surface area contributed by atoms with Crippen LogP contribution in [0, 0.1) is 6.92 Å². The minimum absolute atomic E-state index is 0.240. The van der Waals surface area contributed by atoms with Gasteiger partial charge >= 0.3 is 0 Å². The van der Waals surface area contributed by atoms with Gasteiger partial charge in [0.25, 0.3) is 11.8 Å². The molecule has 0 bridgehead atoms. The molecule has 206 valence electrons. The van der Waals surface area contributed by atoms with Gasteiger partial charge in [-0.25, -0.2) is 0 Å². The zero-order valence-electron chi connectivity index (χ0n) is 22.8. The lowest BCUT2D eigenvalue weighted by Crippen LogP contribution is -2.58. The Morgan fingerprint density at radius 1 is 1.13 bits per heavy atom. The van der Waals surface area contributed by atoms with E-state index in [2.05, 4.69) is 17.6 Å². The number of nitrogens with zero attached hydrogens (tertiary/aromatic N) is 1. The van der Waals surface area contributed by atoms with E-state index in [0.29, 0.717) is 17.4 Å². The molecule has 3 N–H and O–H groups in total. The van der Waals surface area contributed by atoms with Crippen LogP contribution < -0.4 is 15.4 Å². The number of carbonyl (C=O) groups excluding carboxylic acids is 3. The molecule has 2 aromatic carbocycles. The van der Waals surface area contributed by atoms with E-state index in [4.69, 9.17) is 4.74 Å². The number of hydrogen-bond acceptors (Lipinski definition) is 6. The van der Waals surface area contributed by atoms with Crippen molar-refractivity contribution in [1.82, 2.24) is 15.5 Å². The quantitative estimate of drug-likeness (QED) is 0.427. The van der Waals surface area contributed by atoms with Crippen LogP contribution in [0.2, 0.25) is 0 Å². The van der Waals surface area contributed by atoms with Crippen LogP contribution in [0.3, 0.4) is 0 Å². The van der Waals surface area contributed by atoms with Gasteiger partial charge in [0.05, 0.1) is 11.9 Å². The highest BCUT2D eigenvalue weighted by molar-refractivity contribution is 7.99. The third kappa shape index (κ3) is 8.23. The maximum atomic E-state index is 13.4. The summed E-state index contributed by atoms with van der Waals surface area (Å²) in [4.78, 5) is 40.5. The number of carbonyl (C=O) groups is 3. The second-order valence-corrected chi connectivity index (χ2v) is 11.6. The summed E-state index contributed by atoms with van der Waals surface area (Å²) < 4.78 is 5.74. The maximum absolute atomic E-state index is 13.4. The van der Waals surface area contributed by atoms with E-state index in [1.54, 1.807) is 0 Å². The first-order chi connectivity index (χ1) is 18.0. The van der Waals surface area contributed by atoms with Gasteiger partial charge in [0.15, 0.2) is 12.7 Å². The summed E-state index contributed by atoms with van der Waals surface area (Å²) in [7, 11) is 0. The molecule has 1 aliphatic heterocycles. The van der Waals surface area contributed by atoms with Gasteiger partial charge in [0.2, 0.25) is 5.91 Å². The zero-order chi connectivity index (χ0) is 27.9. The molecule has 1 heterocycles. The Balaban J connectivity index is 1.72. The van der Waals surface area contributed by atoms with Crippen LogP contribution in [-0.4, -0.2) is 69.7 Å². The van der Waals surface area contributed by atoms with E-state index < -0.39 is 35.5 Å². The van der Waals surface area contributed by atoms with E-state index in [-0.39, 0.29) is 18.9 Å². The third-order valence-corrected chi connectivity index (χ3v) is 7.26. The molecule has 2 aromatic rings. The number of benzene rings is 2. The fourth-order valence-electron chi connectivity index (χ4n) is 4.27. The molecule has 9 heteroatoms. The number of nitrogens with one attached hydrogen (secondary N) is 2. The molecule has 3 rings (SSSR count). The van der Waals surface area contributed by atoms with Gasteiger partial charge in [-0.3, -0.25) is 14.4 Å². The Morgan fingerprint density at radius 2 is 1.84 bits per heavy atom. The molecule has 0 aliphatic carbocycles. The molecule has 1 aliphatic rings. The summed E-state index contributed by atoms with van der Waals surface area (Å²) in [5.41, 5.74) is 2.52. The van der Waals surface area contributed by atoms with Gasteiger partial charge in [-0.05, 0) is 63.3 Å². The number of rotatable bonds is 10. The van der Waals surface area contributed by atoms with Gasteiger partial charge in [-0.2, -0.15) is 0 Å². The van der Waals surface area contributed by atoms with Gasteiger partial charge in [0.1, 0.15) is 11.8 Å². The molecule has 0 radical (unpaired) electrons. The highest BCUT2D eigenvalue weighted by Gasteiger charge is 2.40. The summed E-state index contributed by atoms with van der Waals surface area (Å²) in [6.45, 7) is 9.37. The molecule has 0 spiro atoms. The van der Waals surface area contributed by atoms with E-state index in [1.807, 2.05) is 76.2 Å². The predicted molar refractivity (Wildman–Crippen MR) is 150 cm³/mol. The normalized spacial score (nSPS) is 17.0. The number of thioether (sulfide) groups is 1. The van der Waals surface area contributed by atoms with Gasteiger partial charge < -0.3 is 25.4 Å². The molecule has 0 aromatic heterocycles. The number of aliphatic hydroxyl groups excluding tert-OH is 1. The van der Waals surface area contributed by atoms with E-state index in [9.17, 15) is 19.5 Å². The van der Waals surface area contributed by atoms with Crippen molar-refractivity contribution in [1.29, 1.82) is 0 Å². The first-order valence-electron chi connectivity index (χ1n) is 12.9. The lowest BCUT2D eigenvalue weighted by molar-refractivity contribution is -0.147. The van der Waals surface area contributed by atoms with Crippen molar-refractivity contribution in [3.63, 3.8) is 0 Å². The molecule has 38 heavy (non-hydrogen) atoms. The fourth-order valence-corrected chi connectivity index (χ4v) is 5.43. The van der Waals surface area contributed by atoms with Crippen molar-refractivity contribution in [3.05, 3.63) is 65.2 Å². The van der Waals surface area contributed by atoms with Crippen molar-refractivity contribution < 1.29 is 24.2 Å². The molecule has 8 nitrogen and oxygen atoms in total. The average Bonchev–Trinajstić information content (AvgIpc) is 3.36. The smallest absolute Gasteiger partial charge is 0.258 e. The molecule has 3 atom stereocenters. The Kier molecular flexibility index (Phi) is 10.2. The molecule has 0 unspecified atom stereocenters. The summed E-state index contributed by atoms with van der Waals surface area (Å²) in [5.74, 6) is 0.0482. The van der Waals surface area contributed by atoms with Crippen molar-refractivity contribution >= 4 is 29.5 Å². The largest absolute Gasteiger partial charge is 0.484 e. The minimum atomic E-state index is -1.53. The minimum Gasteiger partial charge on any atom is -0.484 e. The van der Waals surface area contributed by atoms with E-state index in [1.165, 1.54) is 22.2 Å². The Hall–Kier alpha value is -3.04. The number of amides is 3. The first kappa shape index (κ1) is 29.5. The molecule has 3 amide bonds. The predicted octanol–water partition coefficient (Wildman–Crippen LogP) is 2.84. The second kappa shape index (κ2) is 13.2. The standard InChI is InChI=1S/C29H39N3O5S/c1-6-20-12-13-24(19(2)14-20)37-16-25(33)30-22(15-21-10-8-7-9-11-21)26(34)28(36)32-18-38-17-23(32)27(35)31-29(3,4)5/h7-14,22-23,26,34H,6,15-18H2,1-5H3,(H,30,33)(H,31,35)/t22-,23-,26-/m0/s1. The van der Waals surface area contributed by atoms with E-state index >= 15 is 0 Å². The first-order valence-corrected chi connectivity index (χ1v) is 14.1. The SMILES string of the molecule is CCc1ccc(OCC(=O)N[C@@H](Cc2ccccc2)[C@H](O)C(=O)N2CSC[C@H]2C(=O)NC(C)(C)C)c(C)c1. The summed E-state index contributed by atoms with van der Waals surface area (Å²) in [6, 6.07) is 13.6. The number of hydrogen-bond donors (Lipinski definition) is 3. The van der Waals surface area contributed by atoms with Crippen LogP contribution >= 0.6 is 11.8 Å². The van der Waals surface area contributed by atoms with Gasteiger partial charge in [0, 0.05) is 11.3 Å². The maximum Gasteiger partial charge on any atom is 0.258 e. The van der Waals surface area contributed by atoms with Crippen LogP contribution in [0.4, 0.5) is 0 Å². The van der Waals surface area contributed by atoms with Crippen molar-refractivity contribution in [2.75, 3.05) is 18.2 Å². The molecule has 1 fully saturated rings. The average molecular weight is 542 g/mol. The van der Waals surface area contributed by atoms with Crippen LogP contribution in [0.25, 0.3) is 0 Å². The van der Waals surface area contributed by atoms with Crippen molar-refractivity contribution in [2.24, 2.45) is 0 Å². The fraction of sp³-hybridized carbons (Fsp3) is 0.483. The topological polar surface area (TPSA) is 108 Å². The lowest BCUT2D eigenvalue weighted by atomic mass is 9.99. The summed E-state index contributed by atoms with van der Waals surface area (Å²) >= 11 is 1.46. The third-order valence-electron chi connectivity index (χ3n) is 6.25. The zero-order valence-corrected chi connectivity index (χ0v) is 23.6. The van der Waals surface area contributed by atoms with Crippen LogP contribution in [-0.2, 0) is 27.2 Å². The van der Waals surface area contributed by atoms with Crippen LogP contribution in [0.5, 0.6) is 5.75 Å². The number of aliphatic hydroxyl groups is 1. The van der Waals surface area contributed by atoms with Gasteiger partial charge in [-0.1, -0.05) is 49.4 Å². The highest BCUT2D eigenvalue weighted by Crippen LogP contribution is 2.24. The Bertz CT molecular complexity index is 1120. The summed E-state index contributed by atoms with van der Waals surface area (Å²) in [5, 5.41) is 16.9. The number of ether oxygens (including phenoxy) is 1. The lowest BCUT2D eigenvalue weighted by Gasteiger charge is -2.31. The number of aryl methyl sites for hydroxylation is 2. The molecular formula is C29H39N3O5S. The summed E-state index contributed by atoms with van der Waals surface area (Å²) in [6.07, 6.45) is -0.389. The molecule has 0 saturated carbocycles. The second-order valence-electron chi connectivity index (χ2n) is 10.6. The van der Waals surface area contributed by atoms with Crippen molar-refractivity contribution in [2.45, 2.75) is 71.2 Å². The molecule has 1 saturated heterocycles. The highest BCUT2D eigenvalue weighted by atomic mass is 32.2. The van der Waals surface area contributed by atoms with Crippen LogP contribution in [0.15, 0.2) is 48.5 Å². The van der Waals surface area contributed by atoms with Gasteiger partial charge in [-0.15, -0.1) is 11.8 Å². The van der Waals surface area contributed by atoms with E-state index in [0.717, 1.165) is 17.5 Å². The van der Waals surface area contributed by atoms with Crippen molar-refractivity contribution in [3.8, 4) is 5.75 Å². The Morgan fingerprint density at radius 3 is 2.47 bits per heavy atom. The Labute approximate surface area is 229 Å². The molecular weight excluding hydrogens is 502 g/mol.